The summed E-state index contributed by atoms with van der Waals surface area (Å²) in [6.07, 6.45) is 2.65. The van der Waals surface area contributed by atoms with Gasteiger partial charge in [-0.2, -0.15) is 0 Å². The standard InChI is InChI=1S/C13H14ClN3OS/c14-10-5-3-9(4-6-10)12-15-13(17-16-12)19-8-11-2-1-7-18-11/h3-6,11H,1-2,7-8H2,(H,15,16,17)/t11-/m0/s1. The van der Waals surface area contributed by atoms with Crippen LogP contribution < -0.4 is 0 Å². The Morgan fingerprint density at radius 3 is 2.95 bits per heavy atom. The molecule has 2 aromatic rings. The van der Waals surface area contributed by atoms with Crippen molar-refractivity contribution in [2.24, 2.45) is 0 Å². The number of benzene rings is 1. The second-order valence-electron chi connectivity index (χ2n) is 4.42. The van der Waals surface area contributed by atoms with Gasteiger partial charge in [-0.25, -0.2) is 4.98 Å². The molecule has 1 fully saturated rings. The van der Waals surface area contributed by atoms with E-state index < -0.39 is 0 Å². The number of aromatic nitrogens is 3. The van der Waals surface area contributed by atoms with Crippen molar-refractivity contribution in [3.8, 4) is 11.4 Å². The summed E-state index contributed by atoms with van der Waals surface area (Å²) >= 11 is 7.49. The number of nitrogens with zero attached hydrogens (tertiary/aromatic N) is 2. The van der Waals surface area contributed by atoms with Gasteiger partial charge in [-0.3, -0.25) is 5.10 Å². The van der Waals surface area contributed by atoms with Gasteiger partial charge in [0, 0.05) is 22.9 Å². The summed E-state index contributed by atoms with van der Waals surface area (Å²) in [5.74, 6) is 1.68. The fourth-order valence-electron chi connectivity index (χ4n) is 1.99. The van der Waals surface area contributed by atoms with Crippen LogP contribution in [0, 0.1) is 0 Å². The van der Waals surface area contributed by atoms with E-state index in [1.165, 1.54) is 0 Å². The predicted octanol–water partition coefficient (Wildman–Crippen LogP) is 3.40. The maximum atomic E-state index is 5.86. The van der Waals surface area contributed by atoms with Crippen LogP contribution in [0.25, 0.3) is 11.4 Å². The normalized spacial score (nSPS) is 18.9. The van der Waals surface area contributed by atoms with Crippen molar-refractivity contribution in [2.45, 2.75) is 24.1 Å². The Bertz CT molecular complexity index is 537. The van der Waals surface area contributed by atoms with Crippen molar-refractivity contribution < 1.29 is 4.74 Å². The van der Waals surface area contributed by atoms with Gasteiger partial charge in [0.25, 0.3) is 0 Å². The molecule has 0 bridgehead atoms. The van der Waals surface area contributed by atoms with Crippen molar-refractivity contribution in [2.75, 3.05) is 12.4 Å². The number of thioether (sulfide) groups is 1. The number of halogens is 1. The molecule has 1 atom stereocenters. The van der Waals surface area contributed by atoms with Gasteiger partial charge in [-0.15, -0.1) is 5.10 Å². The molecule has 0 saturated carbocycles. The highest BCUT2D eigenvalue weighted by molar-refractivity contribution is 7.99. The Balaban J connectivity index is 1.63. The maximum Gasteiger partial charge on any atom is 0.208 e. The minimum atomic E-state index is 0.350. The van der Waals surface area contributed by atoms with Crippen LogP contribution in [0.4, 0.5) is 0 Å². The number of rotatable bonds is 4. The lowest BCUT2D eigenvalue weighted by molar-refractivity contribution is 0.129. The van der Waals surface area contributed by atoms with Crippen molar-refractivity contribution >= 4 is 23.4 Å². The average molecular weight is 296 g/mol. The first-order chi connectivity index (χ1) is 9.31. The minimum Gasteiger partial charge on any atom is -0.377 e. The van der Waals surface area contributed by atoms with Crippen molar-refractivity contribution in [1.82, 2.24) is 15.2 Å². The average Bonchev–Trinajstić information content (AvgIpc) is 3.09. The molecule has 1 saturated heterocycles. The molecule has 3 rings (SSSR count). The molecule has 100 valence electrons. The highest BCUT2D eigenvalue weighted by atomic mass is 35.5. The quantitative estimate of drug-likeness (QED) is 0.878. The second kappa shape index (κ2) is 5.94. The zero-order valence-corrected chi connectivity index (χ0v) is 11.9. The molecule has 1 aromatic carbocycles. The van der Waals surface area contributed by atoms with E-state index in [-0.39, 0.29) is 0 Å². The Morgan fingerprint density at radius 2 is 2.21 bits per heavy atom. The monoisotopic (exact) mass is 295 g/mol. The molecule has 0 amide bonds. The molecule has 4 nitrogen and oxygen atoms in total. The summed E-state index contributed by atoms with van der Waals surface area (Å²) in [5.41, 5.74) is 0.987. The summed E-state index contributed by atoms with van der Waals surface area (Å²) in [4.78, 5) is 4.47. The lowest BCUT2D eigenvalue weighted by Crippen LogP contribution is -2.07. The summed E-state index contributed by atoms with van der Waals surface area (Å²) in [6, 6.07) is 7.55. The Morgan fingerprint density at radius 1 is 1.37 bits per heavy atom. The fourth-order valence-corrected chi connectivity index (χ4v) is 2.98. The number of aromatic amines is 1. The molecule has 1 aromatic heterocycles. The number of nitrogens with one attached hydrogen (secondary N) is 1. The highest BCUT2D eigenvalue weighted by Crippen LogP contribution is 2.23. The summed E-state index contributed by atoms with van der Waals surface area (Å²) in [7, 11) is 0. The number of hydrogen-bond acceptors (Lipinski definition) is 4. The molecule has 0 spiro atoms. The molecule has 0 aliphatic carbocycles. The Labute approximate surface area is 120 Å². The zero-order chi connectivity index (χ0) is 13.1. The van der Waals surface area contributed by atoms with E-state index in [1.54, 1.807) is 11.8 Å². The van der Waals surface area contributed by atoms with Gasteiger partial charge >= 0.3 is 0 Å². The highest BCUT2D eigenvalue weighted by Gasteiger charge is 2.16. The number of H-pyrrole nitrogens is 1. The largest absolute Gasteiger partial charge is 0.377 e. The second-order valence-corrected chi connectivity index (χ2v) is 5.84. The minimum absolute atomic E-state index is 0.350. The number of hydrogen-bond donors (Lipinski definition) is 1. The molecule has 0 unspecified atom stereocenters. The molecule has 1 aliphatic rings. The van der Waals surface area contributed by atoms with Crippen molar-refractivity contribution in [3.05, 3.63) is 29.3 Å². The van der Waals surface area contributed by atoms with Crippen LogP contribution in [0.3, 0.4) is 0 Å². The summed E-state index contributed by atoms with van der Waals surface area (Å²) in [5, 5.41) is 8.65. The summed E-state index contributed by atoms with van der Waals surface area (Å²) < 4.78 is 5.58. The predicted molar refractivity (Wildman–Crippen MR) is 76.5 cm³/mol. The molecule has 6 heteroatoms. The van der Waals surface area contributed by atoms with Gasteiger partial charge in [0.05, 0.1) is 6.10 Å². The third-order valence-electron chi connectivity index (χ3n) is 3.00. The van der Waals surface area contributed by atoms with E-state index in [4.69, 9.17) is 16.3 Å². The molecule has 1 N–H and O–H groups in total. The van der Waals surface area contributed by atoms with Crippen molar-refractivity contribution in [3.63, 3.8) is 0 Å². The third kappa shape index (κ3) is 3.29. The summed E-state index contributed by atoms with van der Waals surface area (Å²) in [6.45, 7) is 0.884. The van der Waals surface area contributed by atoms with Gasteiger partial charge in [0.15, 0.2) is 5.82 Å². The molecule has 0 radical (unpaired) electrons. The van der Waals surface area contributed by atoms with Crippen LogP contribution in [0.1, 0.15) is 12.8 Å². The van der Waals surface area contributed by atoms with Gasteiger partial charge in [-0.1, -0.05) is 23.4 Å². The van der Waals surface area contributed by atoms with Crippen LogP contribution in [-0.2, 0) is 4.74 Å². The van der Waals surface area contributed by atoms with Crippen LogP contribution in [-0.4, -0.2) is 33.6 Å². The van der Waals surface area contributed by atoms with Crippen LogP contribution in [0.15, 0.2) is 29.4 Å². The smallest absolute Gasteiger partial charge is 0.208 e. The molecule has 2 heterocycles. The van der Waals surface area contributed by atoms with E-state index in [1.807, 2.05) is 24.3 Å². The maximum absolute atomic E-state index is 5.86. The Kier molecular flexibility index (Phi) is 4.06. The van der Waals surface area contributed by atoms with E-state index in [9.17, 15) is 0 Å². The molecular weight excluding hydrogens is 282 g/mol. The lowest BCUT2D eigenvalue weighted by atomic mass is 10.2. The first-order valence-electron chi connectivity index (χ1n) is 6.24. The SMILES string of the molecule is Clc1ccc(-c2nc(SC[C@@H]3CCCO3)n[nH]2)cc1. The number of ether oxygens (including phenoxy) is 1. The van der Waals surface area contributed by atoms with Gasteiger partial charge in [0.1, 0.15) is 0 Å². The molecular formula is C13H14ClN3OS. The fraction of sp³-hybridized carbons (Fsp3) is 0.385. The van der Waals surface area contributed by atoms with Crippen LogP contribution >= 0.6 is 23.4 Å². The van der Waals surface area contributed by atoms with Gasteiger partial charge in [-0.05, 0) is 37.1 Å². The third-order valence-corrected chi connectivity index (χ3v) is 4.24. The van der Waals surface area contributed by atoms with Crippen LogP contribution in [0.5, 0.6) is 0 Å². The van der Waals surface area contributed by atoms with Crippen molar-refractivity contribution in [1.29, 1.82) is 0 Å². The molecule has 1 aliphatic heterocycles. The first kappa shape index (κ1) is 13.0. The lowest BCUT2D eigenvalue weighted by Gasteiger charge is -2.05. The Hall–Kier alpha value is -1.04. The van der Waals surface area contributed by atoms with E-state index in [2.05, 4.69) is 15.2 Å². The van der Waals surface area contributed by atoms with E-state index in [0.29, 0.717) is 6.10 Å². The van der Waals surface area contributed by atoms with Gasteiger partial charge < -0.3 is 4.74 Å². The zero-order valence-electron chi connectivity index (χ0n) is 10.3. The van der Waals surface area contributed by atoms with E-state index >= 15 is 0 Å². The van der Waals surface area contributed by atoms with Gasteiger partial charge in [0.2, 0.25) is 5.16 Å². The molecule has 19 heavy (non-hydrogen) atoms. The first-order valence-corrected chi connectivity index (χ1v) is 7.60. The topological polar surface area (TPSA) is 50.8 Å². The van der Waals surface area contributed by atoms with Crippen LogP contribution in [0.2, 0.25) is 5.02 Å². The van der Waals surface area contributed by atoms with E-state index in [0.717, 1.165) is 46.8 Å².